The molecule has 0 aliphatic carbocycles. The number of anilines is 2. The zero-order valence-electron chi connectivity index (χ0n) is 18.4. The van der Waals surface area contributed by atoms with Crippen molar-refractivity contribution in [2.45, 2.75) is 25.2 Å². The summed E-state index contributed by atoms with van der Waals surface area (Å²) in [5, 5.41) is 2.99. The normalized spacial score (nSPS) is 18.0. The van der Waals surface area contributed by atoms with Crippen molar-refractivity contribution in [1.82, 2.24) is 4.31 Å². The third-order valence-electron chi connectivity index (χ3n) is 5.74. The average Bonchev–Trinajstić information content (AvgIpc) is 3.21. The lowest BCUT2D eigenvalue weighted by molar-refractivity contribution is 0.0730. The maximum absolute atomic E-state index is 13.2. The van der Waals surface area contributed by atoms with Crippen molar-refractivity contribution in [1.29, 1.82) is 0 Å². The molecule has 0 bridgehead atoms. The Morgan fingerprint density at radius 3 is 2.34 bits per heavy atom. The lowest BCUT2D eigenvalue weighted by Gasteiger charge is -2.31. The van der Waals surface area contributed by atoms with Gasteiger partial charge in [0, 0.05) is 31.1 Å². The Morgan fingerprint density at radius 1 is 1.06 bits per heavy atom. The first-order chi connectivity index (χ1) is 15.4. The zero-order chi connectivity index (χ0) is 22.7. The molecule has 0 atom stereocenters. The second-order valence-corrected chi connectivity index (χ2v) is 10.9. The molecule has 1 aromatic carbocycles. The summed E-state index contributed by atoms with van der Waals surface area (Å²) < 4.78 is 38.6. The van der Waals surface area contributed by atoms with Gasteiger partial charge in [0.05, 0.1) is 47.6 Å². The molecular weight excluding hydrogens is 450 g/mol. The van der Waals surface area contributed by atoms with Gasteiger partial charge in [-0.15, -0.1) is 11.3 Å². The van der Waals surface area contributed by atoms with E-state index in [4.69, 9.17) is 9.47 Å². The summed E-state index contributed by atoms with van der Waals surface area (Å²) in [6, 6.07) is 6.87. The smallest absolute Gasteiger partial charge is 0.265 e. The minimum Gasteiger partial charge on any atom is -0.379 e. The number of nitrogens with one attached hydrogen (secondary N) is 1. The predicted octanol–water partition coefficient (Wildman–Crippen LogP) is 2.73. The Balaban J connectivity index is 1.68. The lowest BCUT2D eigenvalue weighted by atomic mass is 10.2. The Kier molecular flexibility index (Phi) is 7.16. The maximum atomic E-state index is 13.2. The van der Waals surface area contributed by atoms with Crippen LogP contribution < -0.4 is 10.2 Å². The summed E-state index contributed by atoms with van der Waals surface area (Å²) in [7, 11) is -3.68. The van der Waals surface area contributed by atoms with Crippen molar-refractivity contribution in [3.05, 3.63) is 39.6 Å². The highest BCUT2D eigenvalue weighted by atomic mass is 32.2. The third kappa shape index (κ3) is 4.84. The van der Waals surface area contributed by atoms with E-state index in [0.717, 1.165) is 17.7 Å². The molecule has 1 N–H and O–H groups in total. The van der Waals surface area contributed by atoms with Crippen LogP contribution in [-0.4, -0.2) is 71.2 Å². The Labute approximate surface area is 193 Å². The van der Waals surface area contributed by atoms with Gasteiger partial charge in [-0.3, -0.25) is 4.79 Å². The van der Waals surface area contributed by atoms with Crippen LogP contribution in [0.2, 0.25) is 0 Å². The first-order valence-electron chi connectivity index (χ1n) is 10.9. The fraction of sp³-hybridized carbons (Fsp3) is 0.500. The number of hydrogen-bond acceptors (Lipinski definition) is 7. The van der Waals surface area contributed by atoms with Crippen LogP contribution >= 0.6 is 11.3 Å². The number of hydrogen-bond donors (Lipinski definition) is 1. The van der Waals surface area contributed by atoms with Crippen molar-refractivity contribution in [3.63, 3.8) is 0 Å². The first kappa shape index (κ1) is 23.2. The second kappa shape index (κ2) is 9.88. The van der Waals surface area contributed by atoms with Gasteiger partial charge in [0.15, 0.2) is 0 Å². The van der Waals surface area contributed by atoms with Crippen molar-refractivity contribution in [3.8, 4) is 0 Å². The molecule has 0 saturated carbocycles. The Morgan fingerprint density at radius 2 is 1.72 bits per heavy atom. The summed E-state index contributed by atoms with van der Waals surface area (Å²) in [6.45, 7) is 8.01. The second-order valence-electron chi connectivity index (χ2n) is 7.82. The van der Waals surface area contributed by atoms with Crippen LogP contribution in [0.1, 0.15) is 27.0 Å². The zero-order valence-corrected chi connectivity index (χ0v) is 20.1. The van der Waals surface area contributed by atoms with Crippen LogP contribution in [0.3, 0.4) is 0 Å². The monoisotopic (exact) mass is 479 g/mol. The summed E-state index contributed by atoms with van der Waals surface area (Å²) in [5.41, 5.74) is 2.39. The van der Waals surface area contributed by atoms with Gasteiger partial charge in [-0.2, -0.15) is 4.31 Å². The van der Waals surface area contributed by atoms with Gasteiger partial charge >= 0.3 is 0 Å². The van der Waals surface area contributed by atoms with Crippen molar-refractivity contribution in [2.75, 3.05) is 62.8 Å². The van der Waals surface area contributed by atoms with E-state index in [9.17, 15) is 13.2 Å². The van der Waals surface area contributed by atoms with Crippen molar-refractivity contribution in [2.24, 2.45) is 0 Å². The molecule has 2 aromatic rings. The molecule has 0 radical (unpaired) electrons. The topological polar surface area (TPSA) is 88.2 Å². The molecule has 1 aromatic heterocycles. The minimum atomic E-state index is -3.68. The molecular formula is C22H29N3O5S2. The quantitative estimate of drug-likeness (QED) is 0.686. The van der Waals surface area contributed by atoms with E-state index < -0.39 is 10.0 Å². The Bertz CT molecular complexity index is 1070. The molecule has 32 heavy (non-hydrogen) atoms. The van der Waals surface area contributed by atoms with Gasteiger partial charge in [-0.05, 0) is 43.2 Å². The molecule has 4 rings (SSSR count). The number of aryl methyl sites for hydroxylation is 2. The van der Waals surface area contributed by atoms with Gasteiger partial charge in [0.1, 0.15) is 0 Å². The summed E-state index contributed by atoms with van der Waals surface area (Å²) in [5.74, 6) is -0.228. The molecule has 1 amide bonds. The highest BCUT2D eigenvalue weighted by molar-refractivity contribution is 7.89. The molecule has 0 unspecified atom stereocenters. The van der Waals surface area contributed by atoms with Crippen LogP contribution in [0.5, 0.6) is 0 Å². The third-order valence-corrected chi connectivity index (χ3v) is 9.02. The number of carbonyl (C=O) groups excluding carboxylic acids is 1. The van der Waals surface area contributed by atoms with Gasteiger partial charge in [0.25, 0.3) is 5.91 Å². The van der Waals surface area contributed by atoms with Crippen molar-refractivity contribution < 1.29 is 22.7 Å². The van der Waals surface area contributed by atoms with E-state index in [2.05, 4.69) is 17.1 Å². The average molecular weight is 480 g/mol. The summed E-state index contributed by atoms with van der Waals surface area (Å²) >= 11 is 1.47. The highest BCUT2D eigenvalue weighted by Crippen LogP contribution is 2.32. The lowest BCUT2D eigenvalue weighted by Crippen LogP contribution is -2.40. The van der Waals surface area contributed by atoms with Gasteiger partial charge in [-0.25, -0.2) is 8.42 Å². The molecule has 2 aliphatic rings. The van der Waals surface area contributed by atoms with Gasteiger partial charge in [0.2, 0.25) is 10.0 Å². The van der Waals surface area contributed by atoms with Crippen LogP contribution in [0.4, 0.5) is 11.4 Å². The Hall–Kier alpha value is -1.98. The SMILES string of the molecule is CCc1sc(C(=O)Nc2cc(S(=O)(=O)N3CCOCC3)ccc2N2CCOCC2)cc1C. The predicted molar refractivity (Wildman–Crippen MR) is 125 cm³/mol. The molecule has 0 spiro atoms. The van der Waals surface area contributed by atoms with Crippen LogP contribution in [-0.2, 0) is 25.9 Å². The van der Waals surface area contributed by atoms with E-state index in [1.165, 1.54) is 20.5 Å². The summed E-state index contributed by atoms with van der Waals surface area (Å²) in [4.78, 5) is 17.1. The van der Waals surface area contributed by atoms with E-state index >= 15 is 0 Å². The number of morpholine rings is 2. The van der Waals surface area contributed by atoms with Gasteiger partial charge < -0.3 is 19.7 Å². The highest BCUT2D eigenvalue weighted by Gasteiger charge is 2.28. The van der Waals surface area contributed by atoms with E-state index in [0.29, 0.717) is 63.2 Å². The number of thiophene rings is 1. The standard InChI is InChI=1S/C22H29N3O5S2/c1-3-20-16(2)14-21(31-20)22(26)23-18-15-17(32(27,28)25-8-12-30-13-9-25)4-5-19(18)24-6-10-29-11-7-24/h4-5,14-15H,3,6-13H2,1-2H3,(H,23,26). The maximum Gasteiger partial charge on any atom is 0.265 e. The minimum absolute atomic E-state index is 0.170. The number of benzene rings is 1. The van der Waals surface area contributed by atoms with Crippen LogP contribution in [0.25, 0.3) is 0 Å². The molecule has 3 heterocycles. The largest absolute Gasteiger partial charge is 0.379 e. The first-order valence-corrected chi connectivity index (χ1v) is 13.1. The van der Waals surface area contributed by atoms with Gasteiger partial charge in [-0.1, -0.05) is 6.92 Å². The molecule has 2 saturated heterocycles. The number of nitrogens with zero attached hydrogens (tertiary/aromatic N) is 2. The summed E-state index contributed by atoms with van der Waals surface area (Å²) in [6.07, 6.45) is 0.871. The number of rotatable bonds is 6. The number of amides is 1. The fourth-order valence-electron chi connectivity index (χ4n) is 3.96. The van der Waals surface area contributed by atoms with Crippen LogP contribution in [0.15, 0.2) is 29.2 Å². The molecule has 174 valence electrons. The molecule has 2 aliphatic heterocycles. The van der Waals surface area contributed by atoms with Crippen LogP contribution in [0, 0.1) is 6.92 Å². The van der Waals surface area contributed by atoms with E-state index in [1.54, 1.807) is 18.2 Å². The number of sulfonamides is 1. The molecule has 8 nitrogen and oxygen atoms in total. The molecule has 2 fully saturated rings. The fourth-order valence-corrected chi connectivity index (χ4v) is 6.40. The number of carbonyl (C=O) groups is 1. The number of ether oxygens (including phenoxy) is 2. The van der Waals surface area contributed by atoms with E-state index in [-0.39, 0.29) is 10.8 Å². The van der Waals surface area contributed by atoms with E-state index in [1.807, 2.05) is 13.0 Å². The molecule has 10 heteroatoms. The van der Waals surface area contributed by atoms with Crippen molar-refractivity contribution >= 4 is 38.6 Å².